The molecular formula is C16H14Cl2N4. The van der Waals surface area contributed by atoms with Crippen LogP contribution >= 0.6 is 23.2 Å². The van der Waals surface area contributed by atoms with Crippen molar-refractivity contribution in [3.63, 3.8) is 0 Å². The molecule has 0 spiro atoms. The van der Waals surface area contributed by atoms with Crippen molar-refractivity contribution < 1.29 is 0 Å². The Morgan fingerprint density at radius 1 is 1.14 bits per heavy atom. The Bertz CT molecular complexity index is 688. The van der Waals surface area contributed by atoms with Crippen LogP contribution in [0.25, 0.3) is 0 Å². The average Bonchev–Trinajstić information content (AvgIpc) is 2.47. The quantitative estimate of drug-likeness (QED) is 0.374. The standard InChI is InChI=1S/C16H14Cl2N4/c1-11(12-5-3-2-4-6-12)21-16(20-10-19)22-15-8-13(17)7-14(18)9-15/h2-9,11H,1H3,(H2,20,21,22)/t11-/m0/s1. The molecule has 1 atom stereocenters. The van der Waals surface area contributed by atoms with Crippen LogP contribution in [0.15, 0.2) is 53.5 Å². The summed E-state index contributed by atoms with van der Waals surface area (Å²) in [6.45, 7) is 1.95. The lowest BCUT2D eigenvalue weighted by molar-refractivity contribution is 0.813. The zero-order chi connectivity index (χ0) is 15.9. The van der Waals surface area contributed by atoms with E-state index in [1.165, 1.54) is 0 Å². The van der Waals surface area contributed by atoms with E-state index in [1.807, 2.05) is 43.4 Å². The molecular weight excluding hydrogens is 319 g/mol. The Balaban J connectivity index is 2.22. The van der Waals surface area contributed by atoms with Gasteiger partial charge in [0.05, 0.1) is 6.04 Å². The first-order valence-corrected chi connectivity index (χ1v) is 7.35. The second kappa shape index (κ2) is 7.69. The van der Waals surface area contributed by atoms with Crippen molar-refractivity contribution in [2.75, 3.05) is 5.32 Å². The predicted octanol–water partition coefficient (Wildman–Crippen LogP) is 4.59. The van der Waals surface area contributed by atoms with E-state index in [0.29, 0.717) is 21.7 Å². The lowest BCUT2D eigenvalue weighted by atomic mass is 10.1. The number of aliphatic imine (C=N–C) groups is 1. The first-order chi connectivity index (χ1) is 10.6. The van der Waals surface area contributed by atoms with Crippen LogP contribution in [0.5, 0.6) is 0 Å². The molecule has 0 bridgehead atoms. The smallest absolute Gasteiger partial charge is 0.209 e. The molecule has 2 aromatic carbocycles. The number of nitrogens with zero attached hydrogens (tertiary/aromatic N) is 2. The SMILES string of the molecule is C[C@H](N=C(NC#N)Nc1cc(Cl)cc(Cl)c1)c1ccccc1. The molecule has 0 aliphatic carbocycles. The fourth-order valence-electron chi connectivity index (χ4n) is 1.91. The lowest BCUT2D eigenvalue weighted by Crippen LogP contribution is -2.27. The van der Waals surface area contributed by atoms with E-state index in [9.17, 15) is 0 Å². The molecule has 0 saturated carbocycles. The van der Waals surface area contributed by atoms with Crippen LogP contribution in [0.3, 0.4) is 0 Å². The van der Waals surface area contributed by atoms with Gasteiger partial charge in [-0.3, -0.25) is 5.32 Å². The van der Waals surface area contributed by atoms with Gasteiger partial charge in [0.25, 0.3) is 0 Å². The number of nitrogens with one attached hydrogen (secondary N) is 2. The van der Waals surface area contributed by atoms with Crippen LogP contribution in [-0.2, 0) is 0 Å². The Kier molecular flexibility index (Phi) is 5.65. The van der Waals surface area contributed by atoms with Crippen molar-refractivity contribution in [1.82, 2.24) is 5.32 Å². The number of anilines is 1. The Hall–Kier alpha value is -2.22. The van der Waals surface area contributed by atoms with Crippen LogP contribution in [0.2, 0.25) is 10.0 Å². The molecule has 0 aliphatic heterocycles. The molecule has 2 rings (SSSR count). The van der Waals surface area contributed by atoms with E-state index in [2.05, 4.69) is 15.6 Å². The van der Waals surface area contributed by atoms with E-state index in [1.54, 1.807) is 18.2 Å². The highest BCUT2D eigenvalue weighted by atomic mass is 35.5. The van der Waals surface area contributed by atoms with Crippen molar-refractivity contribution in [2.45, 2.75) is 13.0 Å². The third kappa shape index (κ3) is 4.66. The summed E-state index contributed by atoms with van der Waals surface area (Å²) in [6.07, 6.45) is 1.86. The maximum atomic E-state index is 8.87. The Labute approximate surface area is 139 Å². The van der Waals surface area contributed by atoms with Gasteiger partial charge < -0.3 is 5.32 Å². The molecule has 0 aromatic heterocycles. The molecule has 4 nitrogen and oxygen atoms in total. The van der Waals surface area contributed by atoms with E-state index in [4.69, 9.17) is 28.5 Å². The number of guanidine groups is 1. The summed E-state index contributed by atoms with van der Waals surface area (Å²) in [5.74, 6) is 0.331. The fourth-order valence-corrected chi connectivity index (χ4v) is 2.44. The molecule has 6 heteroatoms. The minimum atomic E-state index is -0.112. The largest absolute Gasteiger partial charge is 0.325 e. The Morgan fingerprint density at radius 3 is 2.36 bits per heavy atom. The van der Waals surface area contributed by atoms with Gasteiger partial charge in [0.15, 0.2) is 6.19 Å². The second-order valence-electron chi connectivity index (χ2n) is 4.58. The zero-order valence-corrected chi connectivity index (χ0v) is 13.4. The van der Waals surface area contributed by atoms with Crippen molar-refractivity contribution in [2.24, 2.45) is 4.99 Å². The van der Waals surface area contributed by atoms with Crippen LogP contribution in [0.4, 0.5) is 5.69 Å². The van der Waals surface area contributed by atoms with Gasteiger partial charge in [-0.05, 0) is 30.7 Å². The van der Waals surface area contributed by atoms with Gasteiger partial charge in [-0.2, -0.15) is 5.26 Å². The van der Waals surface area contributed by atoms with Crippen molar-refractivity contribution in [3.05, 3.63) is 64.1 Å². The van der Waals surface area contributed by atoms with Gasteiger partial charge in [0.2, 0.25) is 5.96 Å². The van der Waals surface area contributed by atoms with Crippen LogP contribution in [-0.4, -0.2) is 5.96 Å². The van der Waals surface area contributed by atoms with Crippen molar-refractivity contribution >= 4 is 34.8 Å². The summed E-state index contributed by atoms with van der Waals surface area (Å²) in [7, 11) is 0. The highest BCUT2D eigenvalue weighted by Gasteiger charge is 2.07. The van der Waals surface area contributed by atoms with Crippen molar-refractivity contribution in [3.8, 4) is 6.19 Å². The second-order valence-corrected chi connectivity index (χ2v) is 5.46. The number of rotatable bonds is 3. The third-order valence-electron chi connectivity index (χ3n) is 2.90. The number of halogens is 2. The topological polar surface area (TPSA) is 60.2 Å². The van der Waals surface area contributed by atoms with E-state index < -0.39 is 0 Å². The third-order valence-corrected chi connectivity index (χ3v) is 3.34. The van der Waals surface area contributed by atoms with E-state index in [0.717, 1.165) is 5.56 Å². The molecule has 0 aliphatic rings. The number of hydrogen-bond donors (Lipinski definition) is 2. The maximum Gasteiger partial charge on any atom is 0.209 e. The van der Waals surface area contributed by atoms with Gasteiger partial charge in [0, 0.05) is 15.7 Å². The van der Waals surface area contributed by atoms with Crippen molar-refractivity contribution in [1.29, 1.82) is 5.26 Å². The summed E-state index contributed by atoms with van der Waals surface area (Å²) >= 11 is 11.9. The molecule has 0 heterocycles. The molecule has 0 radical (unpaired) electrons. The average molecular weight is 333 g/mol. The molecule has 112 valence electrons. The van der Waals surface area contributed by atoms with Gasteiger partial charge in [-0.1, -0.05) is 53.5 Å². The number of benzene rings is 2. The molecule has 0 fully saturated rings. The van der Waals surface area contributed by atoms with Gasteiger partial charge in [0.1, 0.15) is 0 Å². The molecule has 0 saturated heterocycles. The maximum absolute atomic E-state index is 8.87. The van der Waals surface area contributed by atoms with E-state index >= 15 is 0 Å². The molecule has 22 heavy (non-hydrogen) atoms. The Morgan fingerprint density at radius 2 is 1.77 bits per heavy atom. The van der Waals surface area contributed by atoms with Gasteiger partial charge in [-0.25, -0.2) is 4.99 Å². The summed E-state index contributed by atoms with van der Waals surface area (Å²) < 4.78 is 0. The van der Waals surface area contributed by atoms with Gasteiger partial charge in [-0.15, -0.1) is 0 Å². The number of nitriles is 1. The first kappa shape index (κ1) is 16.2. The molecule has 0 amide bonds. The normalized spacial score (nSPS) is 12.4. The summed E-state index contributed by atoms with van der Waals surface area (Å²) in [4.78, 5) is 4.48. The minimum absolute atomic E-state index is 0.112. The highest BCUT2D eigenvalue weighted by Crippen LogP contribution is 2.23. The summed E-state index contributed by atoms with van der Waals surface area (Å²) in [5, 5.41) is 15.4. The molecule has 2 N–H and O–H groups in total. The highest BCUT2D eigenvalue weighted by molar-refractivity contribution is 6.35. The zero-order valence-electron chi connectivity index (χ0n) is 11.8. The van der Waals surface area contributed by atoms with Gasteiger partial charge >= 0.3 is 0 Å². The predicted molar refractivity (Wildman–Crippen MR) is 91.1 cm³/mol. The van der Waals surface area contributed by atoms with Crippen LogP contribution in [0, 0.1) is 11.5 Å². The lowest BCUT2D eigenvalue weighted by Gasteiger charge is -2.12. The number of hydrogen-bond acceptors (Lipinski definition) is 2. The fraction of sp³-hybridized carbons (Fsp3) is 0.125. The van der Waals surface area contributed by atoms with E-state index in [-0.39, 0.29) is 6.04 Å². The summed E-state index contributed by atoms with van der Waals surface area (Å²) in [6, 6.07) is 14.7. The monoisotopic (exact) mass is 332 g/mol. The minimum Gasteiger partial charge on any atom is -0.325 e. The summed E-state index contributed by atoms with van der Waals surface area (Å²) in [5.41, 5.74) is 1.70. The van der Waals surface area contributed by atoms with Crippen LogP contribution < -0.4 is 10.6 Å². The van der Waals surface area contributed by atoms with Crippen LogP contribution in [0.1, 0.15) is 18.5 Å². The molecule has 2 aromatic rings. The first-order valence-electron chi connectivity index (χ1n) is 6.59. The molecule has 0 unspecified atom stereocenters.